The van der Waals surface area contributed by atoms with Crippen LogP contribution in [0.25, 0.3) is 11.0 Å². The Hall–Kier alpha value is -2.93. The van der Waals surface area contributed by atoms with Crippen LogP contribution < -0.4 is 10.2 Å². The summed E-state index contributed by atoms with van der Waals surface area (Å²) in [4.78, 5) is 23.9. The summed E-state index contributed by atoms with van der Waals surface area (Å²) in [5.74, 6) is 0.671. The molecule has 28 heavy (non-hydrogen) atoms. The van der Waals surface area contributed by atoms with Crippen LogP contribution in [0.15, 0.2) is 36.5 Å². The van der Waals surface area contributed by atoms with Gasteiger partial charge in [0.1, 0.15) is 0 Å². The molecule has 1 aromatic carbocycles. The number of aliphatic hydroxyl groups excluding tert-OH is 1. The number of rotatable bonds is 4. The Labute approximate surface area is 164 Å². The first kappa shape index (κ1) is 18.4. The van der Waals surface area contributed by atoms with E-state index in [1.54, 1.807) is 6.20 Å². The van der Waals surface area contributed by atoms with E-state index in [2.05, 4.69) is 15.2 Å². The molecular formula is C21H25N5O2. The lowest BCUT2D eigenvalue weighted by molar-refractivity contribution is 0.0939. The van der Waals surface area contributed by atoms with Gasteiger partial charge in [0.15, 0.2) is 0 Å². The number of β-amino-alcohol motifs (C(OH)–C–C–N with tert-alkyl or cyclic N) is 1. The summed E-state index contributed by atoms with van der Waals surface area (Å²) >= 11 is 0. The van der Waals surface area contributed by atoms with E-state index < -0.39 is 0 Å². The smallest absolute Gasteiger partial charge is 0.251 e. The highest BCUT2D eigenvalue weighted by Gasteiger charge is 2.24. The minimum Gasteiger partial charge on any atom is -0.391 e. The standard InChI is InChI=1S/C21H25N5O2/c1-13-5-4-9-22-19(13)14(2)23-20(28)15-6-7-18-17(11-15)24-21(25(18)3)26-10-8-16(27)12-26/h4-7,9,11,14,16,27H,8,10,12H2,1-3H3,(H,23,28)/t14-,16-/m0/s1. The van der Waals surface area contributed by atoms with Gasteiger partial charge in [-0.05, 0) is 50.1 Å². The van der Waals surface area contributed by atoms with Crippen molar-refractivity contribution in [2.45, 2.75) is 32.4 Å². The molecule has 7 nitrogen and oxygen atoms in total. The maximum atomic E-state index is 12.8. The Bertz CT molecular complexity index is 1030. The molecule has 1 fully saturated rings. The van der Waals surface area contributed by atoms with E-state index in [0.29, 0.717) is 12.1 Å². The maximum absolute atomic E-state index is 12.8. The van der Waals surface area contributed by atoms with Crippen LogP contribution in [0.1, 0.15) is 41.0 Å². The fourth-order valence-corrected chi connectivity index (χ4v) is 3.83. The lowest BCUT2D eigenvalue weighted by Crippen LogP contribution is -2.27. The van der Waals surface area contributed by atoms with Crippen LogP contribution in [0.2, 0.25) is 0 Å². The first-order chi connectivity index (χ1) is 13.4. The summed E-state index contributed by atoms with van der Waals surface area (Å²) in [7, 11) is 1.96. The molecule has 1 amide bonds. The van der Waals surface area contributed by atoms with Gasteiger partial charge in [0, 0.05) is 31.9 Å². The van der Waals surface area contributed by atoms with Crippen LogP contribution in [0, 0.1) is 6.92 Å². The number of pyridine rings is 1. The summed E-state index contributed by atoms with van der Waals surface area (Å²) in [6, 6.07) is 9.25. The molecule has 3 heterocycles. The zero-order chi connectivity index (χ0) is 19.8. The lowest BCUT2D eigenvalue weighted by atomic mass is 10.1. The molecule has 0 bridgehead atoms. The molecule has 0 radical (unpaired) electrons. The Morgan fingerprint density at radius 2 is 2.18 bits per heavy atom. The van der Waals surface area contributed by atoms with Gasteiger partial charge in [0.2, 0.25) is 5.95 Å². The van der Waals surface area contributed by atoms with Crippen molar-refractivity contribution in [1.82, 2.24) is 19.9 Å². The first-order valence-corrected chi connectivity index (χ1v) is 9.56. The molecule has 4 rings (SSSR count). The van der Waals surface area contributed by atoms with Crippen molar-refractivity contribution < 1.29 is 9.90 Å². The number of hydrogen-bond donors (Lipinski definition) is 2. The number of hydrogen-bond acceptors (Lipinski definition) is 5. The van der Waals surface area contributed by atoms with Gasteiger partial charge in [-0.15, -0.1) is 0 Å². The Balaban J connectivity index is 1.57. The monoisotopic (exact) mass is 379 g/mol. The summed E-state index contributed by atoms with van der Waals surface area (Å²) in [6.07, 6.45) is 2.18. The van der Waals surface area contributed by atoms with Crippen LogP contribution in [-0.2, 0) is 7.05 Å². The molecule has 1 aliphatic rings. The van der Waals surface area contributed by atoms with Gasteiger partial charge in [-0.25, -0.2) is 4.98 Å². The van der Waals surface area contributed by atoms with Crippen LogP contribution >= 0.6 is 0 Å². The predicted octanol–water partition coefficient (Wildman–Crippen LogP) is 2.34. The molecule has 0 unspecified atom stereocenters. The first-order valence-electron chi connectivity index (χ1n) is 9.56. The Morgan fingerprint density at radius 1 is 1.36 bits per heavy atom. The molecular weight excluding hydrogens is 354 g/mol. The molecule has 0 spiro atoms. The normalized spacial score (nSPS) is 17.9. The number of anilines is 1. The van der Waals surface area contributed by atoms with Crippen molar-refractivity contribution in [1.29, 1.82) is 0 Å². The van der Waals surface area contributed by atoms with Gasteiger partial charge < -0.3 is 19.9 Å². The average molecular weight is 379 g/mol. The molecule has 2 atom stereocenters. The lowest BCUT2D eigenvalue weighted by Gasteiger charge is -2.16. The molecule has 0 aliphatic carbocycles. The minimum atomic E-state index is -0.308. The number of nitrogens with one attached hydrogen (secondary N) is 1. The number of fused-ring (bicyclic) bond motifs is 1. The fraction of sp³-hybridized carbons (Fsp3) is 0.381. The molecule has 7 heteroatoms. The molecule has 1 saturated heterocycles. The summed E-state index contributed by atoms with van der Waals surface area (Å²) in [5, 5.41) is 12.8. The van der Waals surface area contributed by atoms with Crippen molar-refractivity contribution in [3.8, 4) is 0 Å². The maximum Gasteiger partial charge on any atom is 0.251 e. The second kappa shape index (κ2) is 7.24. The quantitative estimate of drug-likeness (QED) is 0.727. The largest absolute Gasteiger partial charge is 0.391 e. The van der Waals surface area contributed by atoms with E-state index >= 15 is 0 Å². The number of benzene rings is 1. The highest BCUT2D eigenvalue weighted by molar-refractivity contribution is 5.98. The van der Waals surface area contributed by atoms with Crippen LogP contribution in [-0.4, -0.2) is 44.7 Å². The highest BCUT2D eigenvalue weighted by atomic mass is 16.3. The number of aromatic nitrogens is 3. The molecule has 2 aromatic heterocycles. The third kappa shape index (κ3) is 3.33. The highest BCUT2D eigenvalue weighted by Crippen LogP contribution is 2.25. The number of imidazole rings is 1. The van der Waals surface area contributed by atoms with E-state index in [4.69, 9.17) is 4.98 Å². The Morgan fingerprint density at radius 3 is 2.89 bits per heavy atom. The summed E-state index contributed by atoms with van der Waals surface area (Å²) in [6.45, 7) is 5.29. The van der Waals surface area contributed by atoms with Crippen molar-refractivity contribution >= 4 is 22.9 Å². The second-order valence-corrected chi connectivity index (χ2v) is 7.46. The van der Waals surface area contributed by atoms with Crippen LogP contribution in [0.4, 0.5) is 5.95 Å². The van der Waals surface area contributed by atoms with Crippen molar-refractivity contribution in [2.24, 2.45) is 7.05 Å². The molecule has 0 saturated carbocycles. The SMILES string of the molecule is Cc1cccnc1[C@H](C)NC(=O)c1ccc2c(c1)nc(N1CC[C@H](O)C1)n2C. The third-order valence-electron chi connectivity index (χ3n) is 5.37. The minimum absolute atomic E-state index is 0.150. The van der Waals surface area contributed by atoms with Crippen molar-refractivity contribution in [3.63, 3.8) is 0 Å². The van der Waals surface area contributed by atoms with Crippen LogP contribution in [0.3, 0.4) is 0 Å². The predicted molar refractivity (Wildman–Crippen MR) is 108 cm³/mol. The van der Waals surface area contributed by atoms with E-state index in [-0.39, 0.29) is 18.1 Å². The van der Waals surface area contributed by atoms with E-state index in [0.717, 1.165) is 41.2 Å². The van der Waals surface area contributed by atoms with Crippen molar-refractivity contribution in [2.75, 3.05) is 18.0 Å². The average Bonchev–Trinajstić information content (AvgIpc) is 3.25. The molecule has 1 aliphatic heterocycles. The van der Waals surface area contributed by atoms with Gasteiger partial charge in [-0.2, -0.15) is 0 Å². The summed E-state index contributed by atoms with van der Waals surface area (Å²) in [5.41, 5.74) is 4.21. The topological polar surface area (TPSA) is 83.3 Å². The number of carbonyl (C=O) groups is 1. The number of amides is 1. The second-order valence-electron chi connectivity index (χ2n) is 7.46. The number of nitrogens with zero attached hydrogens (tertiary/aromatic N) is 4. The summed E-state index contributed by atoms with van der Waals surface area (Å²) < 4.78 is 2.01. The number of aryl methyl sites for hydroxylation is 2. The van der Waals surface area contributed by atoms with E-state index in [1.165, 1.54) is 0 Å². The zero-order valence-corrected chi connectivity index (χ0v) is 16.4. The van der Waals surface area contributed by atoms with Crippen LogP contribution in [0.5, 0.6) is 0 Å². The molecule has 146 valence electrons. The van der Waals surface area contributed by atoms with Gasteiger partial charge >= 0.3 is 0 Å². The fourth-order valence-electron chi connectivity index (χ4n) is 3.83. The Kier molecular flexibility index (Phi) is 4.77. The van der Waals surface area contributed by atoms with Gasteiger partial charge in [-0.3, -0.25) is 9.78 Å². The van der Waals surface area contributed by atoms with Crippen molar-refractivity contribution in [3.05, 3.63) is 53.3 Å². The number of carbonyl (C=O) groups excluding carboxylic acids is 1. The third-order valence-corrected chi connectivity index (χ3v) is 5.37. The number of aliphatic hydroxyl groups is 1. The van der Waals surface area contributed by atoms with E-state index in [1.807, 2.05) is 55.8 Å². The zero-order valence-electron chi connectivity index (χ0n) is 16.4. The van der Waals surface area contributed by atoms with Gasteiger partial charge in [0.05, 0.1) is 28.9 Å². The van der Waals surface area contributed by atoms with E-state index in [9.17, 15) is 9.90 Å². The van der Waals surface area contributed by atoms with Gasteiger partial charge in [0.25, 0.3) is 5.91 Å². The molecule has 3 aromatic rings. The molecule has 2 N–H and O–H groups in total. The van der Waals surface area contributed by atoms with Gasteiger partial charge in [-0.1, -0.05) is 6.07 Å².